The Morgan fingerprint density at radius 1 is 1.30 bits per heavy atom. The molecule has 0 aliphatic heterocycles. The van der Waals surface area contributed by atoms with E-state index in [0.717, 1.165) is 0 Å². The van der Waals surface area contributed by atoms with Crippen LogP contribution in [0.4, 0.5) is 17.6 Å². The van der Waals surface area contributed by atoms with Crippen molar-refractivity contribution in [1.29, 1.82) is 0 Å². The van der Waals surface area contributed by atoms with Gasteiger partial charge in [0, 0.05) is 0 Å². The van der Waals surface area contributed by atoms with Gasteiger partial charge in [0.05, 0.1) is 6.43 Å². The van der Waals surface area contributed by atoms with E-state index in [1.54, 1.807) is 0 Å². The molecule has 0 aromatic carbocycles. The van der Waals surface area contributed by atoms with E-state index in [1.807, 2.05) is 0 Å². The number of hydrogen-bond donors (Lipinski definition) is 0. The predicted molar refractivity (Wildman–Crippen MR) is 20.6 cm³/mol. The van der Waals surface area contributed by atoms with Crippen LogP contribution in [0.2, 0.25) is 0 Å². The molecular formula is C4H3BrF4Zn. The predicted octanol–water partition coefficient (Wildman–Crippen LogP) is -0.762. The average molecular weight is 272 g/mol. The molecule has 0 nitrogen and oxygen atoms in total. The summed E-state index contributed by atoms with van der Waals surface area (Å²) in [6, 6.07) is 0. The Morgan fingerprint density at radius 3 is 1.60 bits per heavy atom. The van der Waals surface area contributed by atoms with Crippen LogP contribution in [-0.2, 0) is 19.5 Å². The van der Waals surface area contributed by atoms with Gasteiger partial charge in [-0.25, -0.2) is 8.78 Å². The van der Waals surface area contributed by atoms with Crippen molar-refractivity contribution in [2.24, 2.45) is 0 Å². The zero-order valence-electron chi connectivity index (χ0n) is 4.88. The number of alkyl halides is 2. The molecule has 0 radical (unpaired) electrons. The Morgan fingerprint density at radius 2 is 1.60 bits per heavy atom. The number of halogens is 5. The van der Waals surface area contributed by atoms with E-state index in [0.29, 0.717) is 0 Å². The monoisotopic (exact) mass is 270 g/mol. The molecule has 0 spiro atoms. The molecule has 0 saturated carbocycles. The normalized spacial score (nSPS) is 9.70. The molecule has 0 heterocycles. The first-order valence-corrected chi connectivity index (χ1v) is 1.70. The van der Waals surface area contributed by atoms with E-state index in [-0.39, 0.29) is 42.5 Å². The SMILES string of the molecule is C=CC(F)(F)[C-](F)F.[Br-].[Zn+2]. The Balaban J connectivity index is -0.000000245. The molecule has 0 aromatic rings. The van der Waals surface area contributed by atoms with Crippen molar-refractivity contribution < 1.29 is 54.0 Å². The largest absolute Gasteiger partial charge is 2.00 e. The van der Waals surface area contributed by atoms with Gasteiger partial charge in [0.1, 0.15) is 0 Å². The van der Waals surface area contributed by atoms with Crippen LogP contribution in [0.1, 0.15) is 0 Å². The van der Waals surface area contributed by atoms with E-state index >= 15 is 0 Å². The van der Waals surface area contributed by atoms with E-state index in [9.17, 15) is 17.6 Å². The molecule has 0 aliphatic carbocycles. The Kier molecular flexibility index (Phi) is 10.6. The molecule has 0 saturated heterocycles. The first-order chi connectivity index (χ1) is 3.50. The van der Waals surface area contributed by atoms with E-state index in [2.05, 4.69) is 6.58 Å². The van der Waals surface area contributed by atoms with Crippen molar-refractivity contribution in [2.45, 2.75) is 5.92 Å². The van der Waals surface area contributed by atoms with Gasteiger partial charge in [-0.15, -0.1) is 0 Å². The molecule has 0 aromatic heterocycles. The minimum absolute atomic E-state index is 0. The summed E-state index contributed by atoms with van der Waals surface area (Å²) in [5.41, 5.74) is 0. The van der Waals surface area contributed by atoms with Crippen LogP contribution >= 0.6 is 0 Å². The second-order valence-electron chi connectivity index (χ2n) is 1.09. The zero-order valence-corrected chi connectivity index (χ0v) is 9.43. The van der Waals surface area contributed by atoms with Crippen molar-refractivity contribution in [3.05, 3.63) is 19.1 Å². The minimum atomic E-state index is -4.11. The van der Waals surface area contributed by atoms with Gasteiger partial charge in [0.25, 0.3) is 0 Å². The third-order valence-corrected chi connectivity index (χ3v) is 0.508. The fourth-order valence-electron chi connectivity index (χ4n) is 0.0772. The third-order valence-electron chi connectivity index (χ3n) is 0.508. The van der Waals surface area contributed by atoms with Crippen molar-refractivity contribution in [1.82, 2.24) is 0 Å². The Bertz CT molecular complexity index is 95.3. The van der Waals surface area contributed by atoms with Crippen molar-refractivity contribution >= 4 is 0 Å². The number of allylic oxidation sites excluding steroid dienone is 1. The van der Waals surface area contributed by atoms with E-state index in [4.69, 9.17) is 0 Å². The van der Waals surface area contributed by atoms with Gasteiger partial charge in [0.2, 0.25) is 5.92 Å². The van der Waals surface area contributed by atoms with Gasteiger partial charge in [-0.05, 0) is 6.08 Å². The summed E-state index contributed by atoms with van der Waals surface area (Å²) in [6.45, 7) is 2.50. The molecule has 56 valence electrons. The fourth-order valence-corrected chi connectivity index (χ4v) is 0.0772. The molecule has 0 amide bonds. The van der Waals surface area contributed by atoms with Crippen LogP contribution in [0, 0.1) is 6.43 Å². The van der Waals surface area contributed by atoms with E-state index in [1.165, 1.54) is 0 Å². The van der Waals surface area contributed by atoms with Crippen molar-refractivity contribution in [3.8, 4) is 0 Å². The van der Waals surface area contributed by atoms with Crippen LogP contribution in [-0.4, -0.2) is 5.92 Å². The van der Waals surface area contributed by atoms with Crippen LogP contribution in [0.15, 0.2) is 12.7 Å². The summed E-state index contributed by atoms with van der Waals surface area (Å²) in [4.78, 5) is 0. The average Bonchev–Trinajstić information content (AvgIpc) is 1.67. The summed E-state index contributed by atoms with van der Waals surface area (Å²) in [5.74, 6) is -4.11. The van der Waals surface area contributed by atoms with Crippen LogP contribution in [0.5, 0.6) is 0 Å². The molecule has 0 unspecified atom stereocenters. The summed E-state index contributed by atoms with van der Waals surface area (Å²) in [5, 5.41) is 0. The molecule has 0 rings (SSSR count). The quantitative estimate of drug-likeness (QED) is 0.268. The van der Waals surface area contributed by atoms with Gasteiger partial charge in [-0.3, -0.25) is 0 Å². The second kappa shape index (κ2) is 6.28. The van der Waals surface area contributed by atoms with Gasteiger partial charge < -0.3 is 25.8 Å². The molecule has 10 heavy (non-hydrogen) atoms. The van der Waals surface area contributed by atoms with E-state index < -0.39 is 12.3 Å². The number of hydrogen-bond acceptors (Lipinski definition) is 0. The maximum Gasteiger partial charge on any atom is 2.00 e. The topological polar surface area (TPSA) is 0 Å². The fraction of sp³-hybridized carbons (Fsp3) is 0.250. The molecule has 0 fully saturated rings. The molecule has 6 heteroatoms. The maximum absolute atomic E-state index is 11.4. The molecule has 0 atom stereocenters. The molecule has 0 bridgehead atoms. The van der Waals surface area contributed by atoms with Crippen LogP contribution in [0.25, 0.3) is 0 Å². The zero-order chi connectivity index (χ0) is 6.78. The molecular weight excluding hydrogens is 269 g/mol. The second-order valence-corrected chi connectivity index (χ2v) is 1.09. The van der Waals surface area contributed by atoms with Crippen LogP contribution < -0.4 is 17.0 Å². The van der Waals surface area contributed by atoms with Gasteiger partial charge in [0.15, 0.2) is 0 Å². The third kappa shape index (κ3) is 5.36. The Labute approximate surface area is 79.2 Å². The van der Waals surface area contributed by atoms with Gasteiger partial charge in [-0.1, -0.05) is 6.58 Å². The number of rotatable bonds is 2. The summed E-state index contributed by atoms with van der Waals surface area (Å²) >= 11 is 0. The first-order valence-electron chi connectivity index (χ1n) is 1.70. The van der Waals surface area contributed by atoms with Gasteiger partial charge >= 0.3 is 19.5 Å². The van der Waals surface area contributed by atoms with Gasteiger partial charge in [-0.2, -0.15) is 0 Å². The maximum atomic E-state index is 11.4. The first kappa shape index (κ1) is 16.9. The summed E-state index contributed by atoms with van der Waals surface area (Å²) in [7, 11) is 0. The van der Waals surface area contributed by atoms with Crippen LogP contribution in [0.3, 0.4) is 0 Å². The summed E-state index contributed by atoms with van der Waals surface area (Å²) < 4.78 is 44.6. The smallest absolute Gasteiger partial charge is 1.00 e. The Hall–Kier alpha value is 0.563. The van der Waals surface area contributed by atoms with Crippen molar-refractivity contribution in [3.63, 3.8) is 0 Å². The molecule has 0 N–H and O–H groups in total. The standard InChI is InChI=1S/C4H3F4.BrH.Zn/c1-2-4(7,8)3(5)6;;/h2H,1H2;1H;/q-1;;+2/p-1. The molecule has 0 aliphatic rings. The van der Waals surface area contributed by atoms with Crippen molar-refractivity contribution in [2.75, 3.05) is 0 Å². The summed E-state index contributed by atoms with van der Waals surface area (Å²) in [6.07, 6.45) is -3.03. The minimum Gasteiger partial charge on any atom is -1.00 e.